The van der Waals surface area contributed by atoms with Gasteiger partial charge in [0.15, 0.2) is 0 Å². The molecule has 0 unspecified atom stereocenters. The second kappa shape index (κ2) is 8.62. The zero-order valence-corrected chi connectivity index (χ0v) is 15.4. The molecule has 7 nitrogen and oxygen atoms in total. The monoisotopic (exact) mass is 402 g/mol. The van der Waals surface area contributed by atoms with E-state index in [-0.39, 0.29) is 31.0 Å². The SMILES string of the molecule is O=C(CN1N=C(C(=O)Nc2ccc(F)cc2)CCC1=O)Nc1ccc(Cl)cc1. The number of benzene rings is 2. The maximum Gasteiger partial charge on any atom is 0.271 e. The quantitative estimate of drug-likeness (QED) is 0.805. The van der Waals surface area contributed by atoms with Gasteiger partial charge >= 0.3 is 0 Å². The molecule has 9 heteroatoms. The molecule has 1 aliphatic rings. The van der Waals surface area contributed by atoms with Crippen LogP contribution in [0.25, 0.3) is 0 Å². The smallest absolute Gasteiger partial charge is 0.271 e. The zero-order valence-electron chi connectivity index (χ0n) is 14.6. The first-order valence-electron chi connectivity index (χ1n) is 8.41. The number of halogens is 2. The van der Waals surface area contributed by atoms with Crippen molar-refractivity contribution < 1.29 is 18.8 Å². The molecular weight excluding hydrogens is 387 g/mol. The van der Waals surface area contributed by atoms with Crippen LogP contribution >= 0.6 is 11.6 Å². The third-order valence-corrected chi connectivity index (χ3v) is 4.14. The highest BCUT2D eigenvalue weighted by atomic mass is 35.5. The van der Waals surface area contributed by atoms with Gasteiger partial charge in [0.2, 0.25) is 11.8 Å². The van der Waals surface area contributed by atoms with Gasteiger partial charge in [-0.15, -0.1) is 0 Å². The van der Waals surface area contributed by atoms with Gasteiger partial charge < -0.3 is 10.6 Å². The van der Waals surface area contributed by atoms with Crippen LogP contribution in [0.2, 0.25) is 5.02 Å². The number of amides is 3. The number of hydrogen-bond acceptors (Lipinski definition) is 4. The average Bonchev–Trinajstić information content (AvgIpc) is 2.67. The van der Waals surface area contributed by atoms with Crippen LogP contribution in [0.4, 0.5) is 15.8 Å². The van der Waals surface area contributed by atoms with Crippen LogP contribution in [0.1, 0.15) is 12.8 Å². The summed E-state index contributed by atoms with van der Waals surface area (Å²) in [5, 5.41) is 10.7. The molecule has 0 spiro atoms. The normalized spacial score (nSPS) is 13.7. The minimum atomic E-state index is -0.512. The molecule has 0 fully saturated rings. The lowest BCUT2D eigenvalue weighted by molar-refractivity contribution is -0.135. The van der Waals surface area contributed by atoms with E-state index in [1.807, 2.05) is 0 Å². The van der Waals surface area contributed by atoms with Crippen molar-refractivity contribution in [1.29, 1.82) is 0 Å². The fourth-order valence-corrected chi connectivity index (χ4v) is 2.62. The molecule has 0 bridgehead atoms. The first-order valence-corrected chi connectivity index (χ1v) is 8.79. The van der Waals surface area contributed by atoms with E-state index in [9.17, 15) is 18.8 Å². The van der Waals surface area contributed by atoms with Crippen molar-refractivity contribution >= 4 is 46.4 Å². The van der Waals surface area contributed by atoms with Gasteiger partial charge in [-0.25, -0.2) is 9.40 Å². The molecule has 144 valence electrons. The van der Waals surface area contributed by atoms with E-state index in [0.29, 0.717) is 16.4 Å². The molecule has 28 heavy (non-hydrogen) atoms. The number of carbonyl (C=O) groups is 3. The lowest BCUT2D eigenvalue weighted by atomic mass is 10.1. The molecule has 0 saturated heterocycles. The summed E-state index contributed by atoms with van der Waals surface area (Å²) in [4.78, 5) is 36.5. The minimum Gasteiger partial charge on any atom is -0.324 e. The van der Waals surface area contributed by atoms with Gasteiger partial charge in [-0.3, -0.25) is 14.4 Å². The summed E-state index contributed by atoms with van der Waals surface area (Å²) in [5.74, 6) is -1.75. The molecule has 0 aliphatic carbocycles. The highest BCUT2D eigenvalue weighted by Gasteiger charge is 2.26. The Morgan fingerprint density at radius 3 is 2.29 bits per heavy atom. The van der Waals surface area contributed by atoms with Crippen molar-refractivity contribution in [2.75, 3.05) is 17.2 Å². The van der Waals surface area contributed by atoms with Crippen molar-refractivity contribution in [2.45, 2.75) is 12.8 Å². The second-order valence-electron chi connectivity index (χ2n) is 6.01. The summed E-state index contributed by atoms with van der Waals surface area (Å²) in [7, 11) is 0. The predicted octanol–water partition coefficient (Wildman–Crippen LogP) is 3.03. The summed E-state index contributed by atoms with van der Waals surface area (Å²) in [5.41, 5.74) is 1.04. The van der Waals surface area contributed by atoms with Crippen molar-refractivity contribution in [2.24, 2.45) is 5.10 Å². The van der Waals surface area contributed by atoms with E-state index in [2.05, 4.69) is 15.7 Å². The number of hydrogen-bond donors (Lipinski definition) is 2. The minimum absolute atomic E-state index is 0.0594. The van der Waals surface area contributed by atoms with Crippen LogP contribution in [-0.4, -0.2) is 35.0 Å². The molecule has 2 aromatic carbocycles. The summed E-state index contributed by atoms with van der Waals surface area (Å²) >= 11 is 5.79. The number of anilines is 2. The lowest BCUT2D eigenvalue weighted by Crippen LogP contribution is -2.40. The zero-order chi connectivity index (χ0) is 20.1. The molecule has 0 aromatic heterocycles. The predicted molar refractivity (Wildman–Crippen MR) is 103 cm³/mol. The van der Waals surface area contributed by atoms with Crippen molar-refractivity contribution in [3.8, 4) is 0 Å². The first-order chi connectivity index (χ1) is 13.4. The Hall–Kier alpha value is -3.26. The van der Waals surface area contributed by atoms with E-state index >= 15 is 0 Å². The molecule has 0 saturated carbocycles. The van der Waals surface area contributed by atoms with Crippen LogP contribution in [0.3, 0.4) is 0 Å². The van der Waals surface area contributed by atoms with E-state index < -0.39 is 17.6 Å². The van der Waals surface area contributed by atoms with Crippen LogP contribution < -0.4 is 10.6 Å². The Morgan fingerprint density at radius 1 is 1.00 bits per heavy atom. The summed E-state index contributed by atoms with van der Waals surface area (Å²) in [6.07, 6.45) is 0.213. The topological polar surface area (TPSA) is 90.9 Å². The summed E-state index contributed by atoms with van der Waals surface area (Å²) < 4.78 is 12.9. The molecule has 2 N–H and O–H groups in total. The van der Waals surface area contributed by atoms with E-state index in [4.69, 9.17) is 11.6 Å². The molecule has 0 atom stereocenters. The molecule has 1 aliphatic heterocycles. The summed E-state index contributed by atoms with van der Waals surface area (Å²) in [6, 6.07) is 11.8. The van der Waals surface area contributed by atoms with Crippen LogP contribution in [0.15, 0.2) is 53.6 Å². The number of carbonyl (C=O) groups excluding carboxylic acids is 3. The fraction of sp³-hybridized carbons (Fsp3) is 0.158. The highest BCUT2D eigenvalue weighted by molar-refractivity contribution is 6.43. The van der Waals surface area contributed by atoms with Gasteiger partial charge in [-0.2, -0.15) is 5.10 Å². The standard InChI is InChI=1S/C19H16ClFN4O3/c20-12-1-5-14(6-2-12)22-17(26)11-25-18(27)10-9-16(24-25)19(28)23-15-7-3-13(21)4-8-15/h1-8H,9-11H2,(H,22,26)(H,23,28). The van der Waals surface area contributed by atoms with E-state index in [1.165, 1.54) is 24.3 Å². The second-order valence-corrected chi connectivity index (χ2v) is 6.45. The van der Waals surface area contributed by atoms with Gasteiger partial charge in [-0.1, -0.05) is 11.6 Å². The first kappa shape index (κ1) is 19.5. The number of nitrogens with one attached hydrogen (secondary N) is 2. The van der Waals surface area contributed by atoms with Crippen LogP contribution in [0, 0.1) is 5.82 Å². The number of nitrogens with zero attached hydrogens (tertiary/aromatic N) is 2. The van der Waals surface area contributed by atoms with Gasteiger partial charge in [0.25, 0.3) is 5.91 Å². The van der Waals surface area contributed by atoms with Gasteiger partial charge in [-0.05, 0) is 48.5 Å². The Kier molecular flexibility index (Phi) is 6.00. The average molecular weight is 403 g/mol. The molecule has 0 radical (unpaired) electrons. The third-order valence-electron chi connectivity index (χ3n) is 3.89. The Labute approximate surface area is 165 Å². The van der Waals surface area contributed by atoms with Gasteiger partial charge in [0.1, 0.15) is 18.1 Å². The number of hydrazone groups is 1. The maximum atomic E-state index is 12.9. The molecular formula is C19H16ClFN4O3. The molecule has 1 heterocycles. The lowest BCUT2D eigenvalue weighted by Gasteiger charge is -2.22. The van der Waals surface area contributed by atoms with Crippen molar-refractivity contribution in [1.82, 2.24) is 5.01 Å². The molecule has 3 rings (SSSR count). The fourth-order valence-electron chi connectivity index (χ4n) is 2.49. The highest BCUT2D eigenvalue weighted by Crippen LogP contribution is 2.15. The van der Waals surface area contributed by atoms with Crippen LogP contribution in [-0.2, 0) is 14.4 Å². The molecule has 3 amide bonds. The van der Waals surface area contributed by atoms with E-state index in [0.717, 1.165) is 5.01 Å². The Balaban J connectivity index is 1.64. The summed E-state index contributed by atoms with van der Waals surface area (Å²) in [6.45, 7) is -0.325. The maximum absolute atomic E-state index is 12.9. The van der Waals surface area contributed by atoms with Gasteiger partial charge in [0, 0.05) is 29.2 Å². The van der Waals surface area contributed by atoms with Crippen molar-refractivity contribution in [3.05, 3.63) is 59.4 Å². The van der Waals surface area contributed by atoms with Gasteiger partial charge in [0.05, 0.1) is 0 Å². The van der Waals surface area contributed by atoms with E-state index in [1.54, 1.807) is 24.3 Å². The Bertz CT molecular complexity index is 929. The molecule has 2 aromatic rings. The third kappa shape index (κ3) is 5.14. The van der Waals surface area contributed by atoms with Crippen molar-refractivity contribution in [3.63, 3.8) is 0 Å². The largest absolute Gasteiger partial charge is 0.324 e. The van der Waals surface area contributed by atoms with Crippen LogP contribution in [0.5, 0.6) is 0 Å². The Morgan fingerprint density at radius 2 is 1.61 bits per heavy atom. The number of rotatable bonds is 5.